The van der Waals surface area contributed by atoms with Gasteiger partial charge in [-0.2, -0.15) is 0 Å². The van der Waals surface area contributed by atoms with Crippen LogP contribution in [0.5, 0.6) is 5.75 Å². The highest BCUT2D eigenvalue weighted by atomic mass is 35.5. The number of rotatable bonds is 9. The van der Waals surface area contributed by atoms with E-state index >= 15 is 0 Å². The molecule has 1 aliphatic rings. The third-order valence-corrected chi connectivity index (χ3v) is 5.08. The van der Waals surface area contributed by atoms with E-state index in [1.807, 2.05) is 42.5 Å². The van der Waals surface area contributed by atoms with Crippen molar-refractivity contribution in [2.45, 2.75) is 31.3 Å². The van der Waals surface area contributed by atoms with E-state index in [-0.39, 0.29) is 23.7 Å². The van der Waals surface area contributed by atoms with Crippen molar-refractivity contribution in [3.8, 4) is 5.75 Å². The van der Waals surface area contributed by atoms with Gasteiger partial charge in [0.15, 0.2) is 0 Å². The fourth-order valence-electron chi connectivity index (χ4n) is 3.28. The van der Waals surface area contributed by atoms with E-state index in [9.17, 15) is 9.59 Å². The SMILES string of the molecule is COc1ccc([C@H](C(=O)NCCc2ccccc2)N(C(=O)CCl)C2CC2)cc1. The average Bonchev–Trinajstić information content (AvgIpc) is 3.57. The maximum Gasteiger partial charge on any atom is 0.247 e. The molecule has 1 saturated carbocycles. The quantitative estimate of drug-likeness (QED) is 0.657. The minimum Gasteiger partial charge on any atom is -0.497 e. The minimum absolute atomic E-state index is 0.0678. The fourth-order valence-corrected chi connectivity index (χ4v) is 3.41. The molecule has 1 fully saturated rings. The monoisotopic (exact) mass is 400 g/mol. The standard InChI is InChI=1S/C22H25ClN2O3/c1-28-19-11-7-17(8-12-19)21(25(18-9-10-18)20(26)15-23)22(27)24-14-13-16-5-3-2-4-6-16/h2-8,11-12,18,21H,9-10,13-15H2,1H3,(H,24,27)/t21-/m1/s1. The number of benzene rings is 2. The lowest BCUT2D eigenvalue weighted by molar-refractivity contribution is -0.139. The molecule has 28 heavy (non-hydrogen) atoms. The number of nitrogens with one attached hydrogen (secondary N) is 1. The van der Waals surface area contributed by atoms with Gasteiger partial charge in [-0.25, -0.2) is 0 Å². The van der Waals surface area contributed by atoms with Crippen LogP contribution in [-0.2, 0) is 16.0 Å². The van der Waals surface area contributed by atoms with Gasteiger partial charge in [-0.1, -0.05) is 42.5 Å². The Hall–Kier alpha value is -2.53. The Morgan fingerprint density at radius 3 is 2.39 bits per heavy atom. The van der Waals surface area contributed by atoms with Crippen LogP contribution in [0.15, 0.2) is 54.6 Å². The van der Waals surface area contributed by atoms with Crippen LogP contribution >= 0.6 is 11.6 Å². The summed E-state index contributed by atoms with van der Waals surface area (Å²) >= 11 is 5.84. The Kier molecular flexibility index (Phi) is 6.93. The van der Waals surface area contributed by atoms with Crippen LogP contribution in [0, 0.1) is 0 Å². The molecule has 2 aromatic carbocycles. The maximum absolute atomic E-state index is 13.1. The van der Waals surface area contributed by atoms with Crippen LogP contribution in [0.4, 0.5) is 0 Å². The molecule has 1 N–H and O–H groups in total. The average molecular weight is 401 g/mol. The molecule has 1 aliphatic carbocycles. The zero-order valence-corrected chi connectivity index (χ0v) is 16.7. The van der Waals surface area contributed by atoms with Crippen molar-refractivity contribution in [1.82, 2.24) is 10.2 Å². The molecule has 3 rings (SSSR count). The summed E-state index contributed by atoms with van der Waals surface area (Å²) in [6.07, 6.45) is 2.52. The molecule has 0 bridgehead atoms. The summed E-state index contributed by atoms with van der Waals surface area (Å²) in [5.41, 5.74) is 1.91. The van der Waals surface area contributed by atoms with Gasteiger partial charge in [0.05, 0.1) is 7.11 Å². The summed E-state index contributed by atoms with van der Waals surface area (Å²) in [4.78, 5) is 27.3. The molecular weight excluding hydrogens is 376 g/mol. The Bertz CT molecular complexity index is 791. The Morgan fingerprint density at radius 1 is 1.14 bits per heavy atom. The summed E-state index contributed by atoms with van der Waals surface area (Å²) in [6, 6.07) is 16.6. The van der Waals surface area contributed by atoms with Gasteiger partial charge in [-0.3, -0.25) is 9.59 Å². The number of alkyl halides is 1. The Labute approximate surface area is 170 Å². The van der Waals surface area contributed by atoms with Crippen molar-refractivity contribution in [3.63, 3.8) is 0 Å². The predicted octanol–water partition coefficient (Wildman–Crippen LogP) is 3.33. The van der Waals surface area contributed by atoms with E-state index in [0.29, 0.717) is 12.3 Å². The molecule has 0 aliphatic heterocycles. The number of nitrogens with zero attached hydrogens (tertiary/aromatic N) is 1. The normalized spacial score (nSPS) is 14.2. The van der Waals surface area contributed by atoms with E-state index in [0.717, 1.165) is 30.4 Å². The number of ether oxygens (including phenoxy) is 1. The van der Waals surface area contributed by atoms with Crippen LogP contribution < -0.4 is 10.1 Å². The van der Waals surface area contributed by atoms with Gasteiger partial charge in [-0.05, 0) is 42.5 Å². The number of halogens is 1. The van der Waals surface area contributed by atoms with Gasteiger partial charge in [-0.15, -0.1) is 11.6 Å². The van der Waals surface area contributed by atoms with Gasteiger partial charge >= 0.3 is 0 Å². The number of hydrogen-bond donors (Lipinski definition) is 1. The summed E-state index contributed by atoms with van der Waals surface area (Å²) in [5.74, 6) is 0.156. The largest absolute Gasteiger partial charge is 0.497 e. The van der Waals surface area contributed by atoms with E-state index < -0.39 is 6.04 Å². The summed E-state index contributed by atoms with van der Waals surface area (Å²) in [7, 11) is 1.59. The third kappa shape index (κ3) is 5.04. The second kappa shape index (κ2) is 9.60. The lowest BCUT2D eigenvalue weighted by Gasteiger charge is -2.31. The molecule has 0 heterocycles. The summed E-state index contributed by atoms with van der Waals surface area (Å²) in [6.45, 7) is 0.503. The molecular formula is C22H25ClN2O3. The molecule has 0 unspecified atom stereocenters. The van der Waals surface area contributed by atoms with Crippen LogP contribution in [0.2, 0.25) is 0 Å². The number of methoxy groups -OCH3 is 1. The molecule has 0 spiro atoms. The predicted molar refractivity (Wildman–Crippen MR) is 109 cm³/mol. The van der Waals surface area contributed by atoms with Crippen molar-refractivity contribution in [3.05, 3.63) is 65.7 Å². The molecule has 2 amide bonds. The minimum atomic E-state index is -0.694. The number of carbonyl (C=O) groups is 2. The molecule has 6 heteroatoms. The van der Waals surface area contributed by atoms with Crippen molar-refractivity contribution >= 4 is 23.4 Å². The smallest absolute Gasteiger partial charge is 0.247 e. The second-order valence-corrected chi connectivity index (χ2v) is 7.14. The zero-order valence-electron chi connectivity index (χ0n) is 15.9. The van der Waals surface area contributed by atoms with E-state index in [1.165, 1.54) is 0 Å². The van der Waals surface area contributed by atoms with Gasteiger partial charge in [0.2, 0.25) is 11.8 Å². The first kappa shape index (κ1) is 20.2. The molecule has 2 aromatic rings. The fraction of sp³-hybridized carbons (Fsp3) is 0.364. The molecule has 0 radical (unpaired) electrons. The number of hydrogen-bond acceptors (Lipinski definition) is 3. The maximum atomic E-state index is 13.1. The number of carbonyl (C=O) groups excluding carboxylic acids is 2. The highest BCUT2D eigenvalue weighted by Crippen LogP contribution is 2.35. The van der Waals surface area contributed by atoms with Crippen molar-refractivity contribution in [1.29, 1.82) is 0 Å². The van der Waals surface area contributed by atoms with Crippen LogP contribution in [0.25, 0.3) is 0 Å². The molecule has 0 saturated heterocycles. The molecule has 148 valence electrons. The van der Waals surface area contributed by atoms with Crippen molar-refractivity contribution in [2.75, 3.05) is 19.5 Å². The Morgan fingerprint density at radius 2 is 1.82 bits per heavy atom. The highest BCUT2D eigenvalue weighted by Gasteiger charge is 2.40. The van der Waals surface area contributed by atoms with Crippen LogP contribution in [0.3, 0.4) is 0 Å². The van der Waals surface area contributed by atoms with E-state index in [2.05, 4.69) is 5.32 Å². The first-order valence-electron chi connectivity index (χ1n) is 9.46. The summed E-state index contributed by atoms with van der Waals surface area (Å²) in [5, 5.41) is 2.99. The lowest BCUT2D eigenvalue weighted by atomic mass is 10.0. The Balaban J connectivity index is 1.77. The van der Waals surface area contributed by atoms with Crippen LogP contribution in [-0.4, -0.2) is 42.3 Å². The van der Waals surface area contributed by atoms with Crippen LogP contribution in [0.1, 0.15) is 30.0 Å². The van der Waals surface area contributed by atoms with E-state index in [1.54, 1.807) is 24.1 Å². The first-order valence-corrected chi connectivity index (χ1v) is 10.00. The van der Waals surface area contributed by atoms with Gasteiger partial charge in [0.25, 0.3) is 0 Å². The first-order chi connectivity index (χ1) is 13.6. The highest BCUT2D eigenvalue weighted by molar-refractivity contribution is 6.27. The van der Waals surface area contributed by atoms with Gasteiger partial charge in [0, 0.05) is 12.6 Å². The number of amides is 2. The molecule has 1 atom stereocenters. The summed E-state index contributed by atoms with van der Waals surface area (Å²) < 4.78 is 5.21. The van der Waals surface area contributed by atoms with E-state index in [4.69, 9.17) is 16.3 Å². The lowest BCUT2D eigenvalue weighted by Crippen LogP contribution is -2.45. The third-order valence-electron chi connectivity index (χ3n) is 4.86. The second-order valence-electron chi connectivity index (χ2n) is 6.87. The molecule has 5 nitrogen and oxygen atoms in total. The van der Waals surface area contributed by atoms with Gasteiger partial charge in [0.1, 0.15) is 17.7 Å². The zero-order chi connectivity index (χ0) is 19.9. The topological polar surface area (TPSA) is 58.6 Å². The molecule has 0 aromatic heterocycles. The van der Waals surface area contributed by atoms with Crippen molar-refractivity contribution < 1.29 is 14.3 Å². The van der Waals surface area contributed by atoms with Gasteiger partial charge < -0.3 is 15.0 Å². The van der Waals surface area contributed by atoms with Crippen molar-refractivity contribution in [2.24, 2.45) is 0 Å².